The van der Waals surface area contributed by atoms with E-state index < -0.39 is 0 Å². The Balaban J connectivity index is 3.56. The van der Waals surface area contributed by atoms with E-state index in [0.29, 0.717) is 13.0 Å². The number of amides is 1. The Morgan fingerprint density at radius 2 is 2.00 bits per heavy atom. The largest absolute Gasteiger partial charge is 0.391 e. The lowest BCUT2D eigenvalue weighted by atomic mass is 10.4. The summed E-state index contributed by atoms with van der Waals surface area (Å²) in [5.74, 6) is 0.0870. The molecule has 78 valence electrons. The summed E-state index contributed by atoms with van der Waals surface area (Å²) in [6.07, 6.45) is 0.535. The standard InChI is InChI=1S/C9H20N2O2/c1-4-9(13)10-5-6-11(2,3)7-8-12/h12H,4-8H2,1-3H3/p+1. The molecule has 13 heavy (non-hydrogen) atoms. The van der Waals surface area contributed by atoms with Crippen LogP contribution in [0, 0.1) is 0 Å². The second-order valence-corrected chi connectivity index (χ2v) is 3.81. The zero-order valence-corrected chi connectivity index (χ0v) is 8.84. The highest BCUT2D eigenvalue weighted by Crippen LogP contribution is 1.93. The van der Waals surface area contributed by atoms with E-state index in [-0.39, 0.29) is 12.5 Å². The molecule has 0 radical (unpaired) electrons. The van der Waals surface area contributed by atoms with Gasteiger partial charge in [-0.2, -0.15) is 0 Å². The smallest absolute Gasteiger partial charge is 0.219 e. The number of hydrogen-bond donors (Lipinski definition) is 2. The first-order chi connectivity index (χ1) is 6.02. The molecular formula is C9H21N2O2+. The zero-order chi connectivity index (χ0) is 10.3. The predicted molar refractivity (Wildman–Crippen MR) is 52.2 cm³/mol. The van der Waals surface area contributed by atoms with E-state index in [1.165, 1.54) is 0 Å². The number of aliphatic hydroxyl groups excluding tert-OH is 1. The number of likely N-dealkylation sites (N-methyl/N-ethyl adjacent to an activating group) is 1. The molecule has 0 rings (SSSR count). The van der Waals surface area contributed by atoms with Crippen LogP contribution in [0.3, 0.4) is 0 Å². The fourth-order valence-electron chi connectivity index (χ4n) is 1.01. The average molecular weight is 189 g/mol. The molecule has 4 heteroatoms. The highest BCUT2D eigenvalue weighted by molar-refractivity contribution is 5.75. The number of quaternary nitrogens is 1. The first kappa shape index (κ1) is 12.4. The minimum atomic E-state index is 0.0870. The van der Waals surface area contributed by atoms with Crippen LogP contribution >= 0.6 is 0 Å². The van der Waals surface area contributed by atoms with Crippen molar-refractivity contribution in [3.8, 4) is 0 Å². The van der Waals surface area contributed by atoms with Crippen molar-refractivity contribution in [2.75, 3.05) is 40.3 Å². The van der Waals surface area contributed by atoms with Crippen molar-refractivity contribution in [1.82, 2.24) is 5.32 Å². The van der Waals surface area contributed by atoms with Crippen LogP contribution in [0.15, 0.2) is 0 Å². The highest BCUT2D eigenvalue weighted by atomic mass is 16.3. The van der Waals surface area contributed by atoms with Crippen molar-refractivity contribution >= 4 is 5.91 Å². The monoisotopic (exact) mass is 189 g/mol. The van der Waals surface area contributed by atoms with Gasteiger partial charge in [0.15, 0.2) is 0 Å². The first-order valence-electron chi connectivity index (χ1n) is 4.71. The molecule has 0 unspecified atom stereocenters. The summed E-state index contributed by atoms with van der Waals surface area (Å²) in [7, 11) is 4.07. The van der Waals surface area contributed by atoms with Gasteiger partial charge in [-0.05, 0) is 0 Å². The van der Waals surface area contributed by atoms with Crippen LogP contribution in [0.1, 0.15) is 13.3 Å². The summed E-state index contributed by atoms with van der Waals surface area (Å²) in [5.41, 5.74) is 0. The summed E-state index contributed by atoms with van der Waals surface area (Å²) < 4.78 is 0.737. The van der Waals surface area contributed by atoms with Gasteiger partial charge in [-0.25, -0.2) is 0 Å². The Morgan fingerprint density at radius 1 is 1.38 bits per heavy atom. The molecule has 0 fully saturated rings. The lowest BCUT2D eigenvalue weighted by Crippen LogP contribution is -2.46. The van der Waals surface area contributed by atoms with Crippen molar-refractivity contribution in [1.29, 1.82) is 0 Å². The Hall–Kier alpha value is -0.610. The van der Waals surface area contributed by atoms with Crippen LogP contribution in [0.5, 0.6) is 0 Å². The summed E-state index contributed by atoms with van der Waals surface area (Å²) in [5, 5.41) is 11.6. The third-order valence-corrected chi connectivity index (χ3v) is 2.07. The first-order valence-corrected chi connectivity index (χ1v) is 4.71. The minimum Gasteiger partial charge on any atom is -0.391 e. The second-order valence-electron chi connectivity index (χ2n) is 3.81. The van der Waals surface area contributed by atoms with Gasteiger partial charge in [0.1, 0.15) is 6.54 Å². The van der Waals surface area contributed by atoms with Gasteiger partial charge in [-0.1, -0.05) is 6.92 Å². The van der Waals surface area contributed by atoms with Crippen LogP contribution in [0.2, 0.25) is 0 Å². The maximum absolute atomic E-state index is 10.9. The fourth-order valence-corrected chi connectivity index (χ4v) is 1.01. The van der Waals surface area contributed by atoms with Gasteiger partial charge in [-0.3, -0.25) is 4.79 Å². The van der Waals surface area contributed by atoms with E-state index in [1.807, 2.05) is 21.0 Å². The van der Waals surface area contributed by atoms with Crippen LogP contribution in [0.25, 0.3) is 0 Å². The molecule has 2 N–H and O–H groups in total. The van der Waals surface area contributed by atoms with Crippen LogP contribution in [-0.2, 0) is 4.79 Å². The van der Waals surface area contributed by atoms with Gasteiger partial charge >= 0.3 is 0 Å². The van der Waals surface area contributed by atoms with Crippen molar-refractivity contribution in [2.45, 2.75) is 13.3 Å². The molecule has 0 heterocycles. The SMILES string of the molecule is CCC(=O)NCC[N+](C)(C)CCO. The molecule has 0 spiro atoms. The van der Waals surface area contributed by atoms with Crippen molar-refractivity contribution in [2.24, 2.45) is 0 Å². The molecule has 1 amide bonds. The number of rotatable bonds is 6. The van der Waals surface area contributed by atoms with Gasteiger partial charge in [-0.15, -0.1) is 0 Å². The Bertz CT molecular complexity index is 158. The molecule has 0 aromatic heterocycles. The summed E-state index contributed by atoms with van der Waals surface area (Å²) in [4.78, 5) is 10.9. The third-order valence-electron chi connectivity index (χ3n) is 2.07. The van der Waals surface area contributed by atoms with E-state index in [4.69, 9.17) is 5.11 Å². The Labute approximate surface area is 80.1 Å². The molecule has 0 aliphatic heterocycles. The lowest BCUT2D eigenvalue weighted by molar-refractivity contribution is -0.889. The van der Waals surface area contributed by atoms with Gasteiger partial charge in [0.2, 0.25) is 5.91 Å². The van der Waals surface area contributed by atoms with Gasteiger partial charge in [0.25, 0.3) is 0 Å². The van der Waals surface area contributed by atoms with E-state index in [1.54, 1.807) is 0 Å². The van der Waals surface area contributed by atoms with Gasteiger partial charge in [0, 0.05) is 6.42 Å². The maximum Gasteiger partial charge on any atom is 0.219 e. The third kappa shape index (κ3) is 6.54. The van der Waals surface area contributed by atoms with Crippen molar-refractivity contribution in [3.05, 3.63) is 0 Å². The second kappa shape index (κ2) is 5.94. The number of carbonyl (C=O) groups is 1. The molecule has 0 saturated carbocycles. The fraction of sp³-hybridized carbons (Fsp3) is 0.889. The number of nitrogens with zero attached hydrogens (tertiary/aromatic N) is 1. The molecule has 0 aromatic rings. The van der Waals surface area contributed by atoms with Crippen LogP contribution in [0.4, 0.5) is 0 Å². The molecule has 0 bridgehead atoms. The van der Waals surface area contributed by atoms with Gasteiger partial charge < -0.3 is 14.9 Å². The molecule has 0 atom stereocenters. The summed E-state index contributed by atoms with van der Waals surface area (Å²) >= 11 is 0. The number of carbonyl (C=O) groups excluding carboxylic acids is 1. The van der Waals surface area contributed by atoms with Crippen molar-refractivity contribution in [3.63, 3.8) is 0 Å². The lowest BCUT2D eigenvalue weighted by Gasteiger charge is -2.28. The van der Waals surface area contributed by atoms with Crippen LogP contribution < -0.4 is 5.32 Å². The van der Waals surface area contributed by atoms with Gasteiger partial charge in [0.05, 0.1) is 33.8 Å². The molecule has 0 aliphatic rings. The van der Waals surface area contributed by atoms with E-state index >= 15 is 0 Å². The number of nitrogens with one attached hydrogen (secondary N) is 1. The molecule has 0 aliphatic carbocycles. The Kier molecular flexibility index (Phi) is 5.66. The van der Waals surface area contributed by atoms with E-state index in [0.717, 1.165) is 17.6 Å². The molecular weight excluding hydrogens is 168 g/mol. The maximum atomic E-state index is 10.9. The topological polar surface area (TPSA) is 49.3 Å². The zero-order valence-electron chi connectivity index (χ0n) is 8.84. The average Bonchev–Trinajstić information content (AvgIpc) is 2.03. The van der Waals surface area contributed by atoms with E-state index in [2.05, 4.69) is 5.32 Å². The highest BCUT2D eigenvalue weighted by Gasteiger charge is 2.13. The summed E-state index contributed by atoms with van der Waals surface area (Å²) in [6, 6.07) is 0. The Morgan fingerprint density at radius 3 is 2.46 bits per heavy atom. The predicted octanol–water partition coefficient (Wildman–Crippen LogP) is -0.419. The number of hydrogen-bond acceptors (Lipinski definition) is 2. The molecule has 4 nitrogen and oxygen atoms in total. The van der Waals surface area contributed by atoms with Crippen LogP contribution in [-0.4, -0.2) is 55.8 Å². The van der Waals surface area contributed by atoms with Crippen molar-refractivity contribution < 1.29 is 14.4 Å². The normalized spacial score (nSPS) is 11.4. The summed E-state index contributed by atoms with van der Waals surface area (Å²) in [6.45, 7) is 4.28. The molecule has 0 aromatic carbocycles. The quantitative estimate of drug-likeness (QED) is 0.558. The van der Waals surface area contributed by atoms with E-state index in [9.17, 15) is 4.79 Å². The number of aliphatic hydroxyl groups is 1. The molecule has 0 saturated heterocycles. The minimum absolute atomic E-state index is 0.0870.